The molecular formula is C15H20N4O3. The van der Waals surface area contributed by atoms with E-state index in [4.69, 9.17) is 10.00 Å². The molecule has 1 aliphatic heterocycles. The standard InChI is InChI=1S/C15H20N4O3/c1-22-8-7-18-6-2-3-13(11-18)17-14-5-4-12(10-16)9-15(14)19(20)21/h4-5,9,13,17H,2-3,6-8,11H2,1H3/t13-/m0/s1. The molecule has 7 nitrogen and oxygen atoms in total. The maximum atomic E-state index is 11.2. The third-order valence-corrected chi connectivity index (χ3v) is 3.80. The van der Waals surface area contributed by atoms with E-state index in [0.717, 1.165) is 32.5 Å². The molecule has 22 heavy (non-hydrogen) atoms. The molecule has 1 aromatic carbocycles. The van der Waals surface area contributed by atoms with Gasteiger partial charge in [0.15, 0.2) is 0 Å². The van der Waals surface area contributed by atoms with Crippen molar-refractivity contribution in [1.29, 1.82) is 5.26 Å². The molecule has 0 radical (unpaired) electrons. The molecule has 0 aliphatic carbocycles. The maximum absolute atomic E-state index is 11.2. The number of rotatable bonds is 6. The monoisotopic (exact) mass is 304 g/mol. The van der Waals surface area contributed by atoms with E-state index in [-0.39, 0.29) is 11.7 Å². The van der Waals surface area contributed by atoms with Crippen molar-refractivity contribution >= 4 is 11.4 Å². The van der Waals surface area contributed by atoms with Crippen molar-refractivity contribution in [3.05, 3.63) is 33.9 Å². The van der Waals surface area contributed by atoms with Gasteiger partial charge in [-0.2, -0.15) is 5.26 Å². The highest BCUT2D eigenvalue weighted by Crippen LogP contribution is 2.27. The Morgan fingerprint density at radius 2 is 2.41 bits per heavy atom. The summed E-state index contributed by atoms with van der Waals surface area (Å²) in [6.45, 7) is 3.41. The third kappa shape index (κ3) is 4.16. The number of nitriles is 1. The van der Waals surface area contributed by atoms with Crippen LogP contribution >= 0.6 is 0 Å². The Bertz CT molecular complexity index is 570. The molecule has 1 saturated heterocycles. The molecule has 0 bridgehead atoms. The summed E-state index contributed by atoms with van der Waals surface area (Å²) in [5.74, 6) is 0. The second-order valence-corrected chi connectivity index (χ2v) is 5.38. The zero-order valence-corrected chi connectivity index (χ0v) is 12.6. The van der Waals surface area contributed by atoms with Crippen LogP contribution in [0.1, 0.15) is 18.4 Å². The number of nitro groups is 1. The lowest BCUT2D eigenvalue weighted by Gasteiger charge is -2.33. The topological polar surface area (TPSA) is 91.4 Å². The number of hydrogen-bond donors (Lipinski definition) is 1. The number of hydrogen-bond acceptors (Lipinski definition) is 6. The van der Waals surface area contributed by atoms with Gasteiger partial charge in [-0.3, -0.25) is 15.0 Å². The molecule has 2 rings (SSSR count). The third-order valence-electron chi connectivity index (χ3n) is 3.80. The Morgan fingerprint density at radius 3 is 3.09 bits per heavy atom. The Kier molecular flexibility index (Phi) is 5.69. The van der Waals surface area contributed by atoms with Crippen molar-refractivity contribution in [1.82, 2.24) is 4.90 Å². The summed E-state index contributed by atoms with van der Waals surface area (Å²) in [6, 6.07) is 6.62. The first-order valence-electron chi connectivity index (χ1n) is 7.30. The Morgan fingerprint density at radius 1 is 1.59 bits per heavy atom. The van der Waals surface area contributed by atoms with E-state index >= 15 is 0 Å². The van der Waals surface area contributed by atoms with Crippen molar-refractivity contribution in [2.24, 2.45) is 0 Å². The van der Waals surface area contributed by atoms with Gasteiger partial charge in [0.1, 0.15) is 5.69 Å². The molecule has 118 valence electrons. The molecule has 7 heteroatoms. The van der Waals surface area contributed by atoms with E-state index in [1.54, 1.807) is 19.2 Å². The first-order valence-corrected chi connectivity index (χ1v) is 7.30. The fourth-order valence-corrected chi connectivity index (χ4v) is 2.69. The maximum Gasteiger partial charge on any atom is 0.293 e. The summed E-state index contributed by atoms with van der Waals surface area (Å²) in [5.41, 5.74) is 0.721. The zero-order valence-electron chi connectivity index (χ0n) is 12.6. The minimum Gasteiger partial charge on any atom is -0.383 e. The molecule has 0 saturated carbocycles. The van der Waals surface area contributed by atoms with Crippen LogP contribution in [0.5, 0.6) is 0 Å². The highest BCUT2D eigenvalue weighted by molar-refractivity contribution is 5.64. The van der Waals surface area contributed by atoms with E-state index in [1.807, 2.05) is 6.07 Å². The van der Waals surface area contributed by atoms with Crippen LogP contribution in [0.25, 0.3) is 0 Å². The van der Waals surface area contributed by atoms with Crippen LogP contribution in [0.4, 0.5) is 11.4 Å². The van der Waals surface area contributed by atoms with E-state index in [0.29, 0.717) is 17.9 Å². The van der Waals surface area contributed by atoms with E-state index in [1.165, 1.54) is 6.07 Å². The van der Waals surface area contributed by atoms with Crippen LogP contribution in [-0.4, -0.2) is 49.2 Å². The predicted octanol–water partition coefficient (Wildman–Crippen LogP) is 1.99. The minimum absolute atomic E-state index is 0.0481. The number of ether oxygens (including phenoxy) is 1. The normalized spacial score (nSPS) is 18.6. The molecule has 1 aliphatic rings. The van der Waals surface area contributed by atoms with Crippen molar-refractivity contribution in [2.75, 3.05) is 38.7 Å². The molecule has 0 amide bonds. The molecule has 0 unspecified atom stereocenters. The van der Waals surface area contributed by atoms with Gasteiger partial charge in [-0.05, 0) is 31.5 Å². The summed E-state index contributed by atoms with van der Waals surface area (Å²) >= 11 is 0. The summed E-state index contributed by atoms with van der Waals surface area (Å²) in [6.07, 6.45) is 2.02. The van der Waals surface area contributed by atoms with Gasteiger partial charge < -0.3 is 10.1 Å². The van der Waals surface area contributed by atoms with Gasteiger partial charge in [-0.1, -0.05) is 0 Å². The number of likely N-dealkylation sites (tertiary alicyclic amines) is 1. The summed E-state index contributed by atoms with van der Waals surface area (Å²) in [5, 5.41) is 23.3. The van der Waals surface area contributed by atoms with E-state index in [2.05, 4.69) is 10.2 Å². The van der Waals surface area contributed by atoms with Crippen molar-refractivity contribution in [3.8, 4) is 6.07 Å². The second kappa shape index (κ2) is 7.73. The highest BCUT2D eigenvalue weighted by Gasteiger charge is 2.22. The first-order chi connectivity index (χ1) is 10.6. The lowest BCUT2D eigenvalue weighted by atomic mass is 10.0. The van der Waals surface area contributed by atoms with Crippen LogP contribution in [-0.2, 0) is 4.74 Å². The molecule has 0 aromatic heterocycles. The van der Waals surface area contributed by atoms with Crippen LogP contribution < -0.4 is 5.32 Å². The summed E-state index contributed by atoms with van der Waals surface area (Å²) in [4.78, 5) is 13.0. The smallest absolute Gasteiger partial charge is 0.293 e. The Balaban J connectivity index is 2.06. The fraction of sp³-hybridized carbons (Fsp3) is 0.533. The molecule has 1 heterocycles. The quantitative estimate of drug-likeness (QED) is 0.638. The molecule has 1 N–H and O–H groups in total. The van der Waals surface area contributed by atoms with Crippen molar-refractivity contribution in [3.63, 3.8) is 0 Å². The van der Waals surface area contributed by atoms with Gasteiger partial charge in [-0.15, -0.1) is 0 Å². The van der Waals surface area contributed by atoms with Gasteiger partial charge in [0.2, 0.25) is 0 Å². The largest absolute Gasteiger partial charge is 0.383 e. The van der Waals surface area contributed by atoms with Gasteiger partial charge in [0.25, 0.3) is 5.69 Å². The molecule has 1 fully saturated rings. The zero-order chi connectivity index (χ0) is 15.9. The average Bonchev–Trinajstić information content (AvgIpc) is 2.53. The van der Waals surface area contributed by atoms with Gasteiger partial charge >= 0.3 is 0 Å². The van der Waals surface area contributed by atoms with E-state index < -0.39 is 4.92 Å². The van der Waals surface area contributed by atoms with Gasteiger partial charge in [-0.25, -0.2) is 0 Å². The Hall–Kier alpha value is -2.17. The van der Waals surface area contributed by atoms with Crippen LogP contribution in [0, 0.1) is 21.4 Å². The number of benzene rings is 1. The number of nitrogens with zero attached hydrogens (tertiary/aromatic N) is 3. The fourth-order valence-electron chi connectivity index (χ4n) is 2.69. The summed E-state index contributed by atoms with van der Waals surface area (Å²) < 4.78 is 5.09. The molecule has 1 atom stereocenters. The predicted molar refractivity (Wildman–Crippen MR) is 82.8 cm³/mol. The Labute approximate surface area is 129 Å². The number of nitrogens with one attached hydrogen (secondary N) is 1. The van der Waals surface area contributed by atoms with Gasteiger partial charge in [0.05, 0.1) is 23.2 Å². The molecule has 1 aromatic rings. The highest BCUT2D eigenvalue weighted by atomic mass is 16.6. The van der Waals surface area contributed by atoms with Crippen molar-refractivity contribution in [2.45, 2.75) is 18.9 Å². The molecule has 0 spiro atoms. The average molecular weight is 304 g/mol. The number of methoxy groups -OCH3 is 1. The van der Waals surface area contributed by atoms with Crippen molar-refractivity contribution < 1.29 is 9.66 Å². The van der Waals surface area contributed by atoms with Crippen LogP contribution in [0.3, 0.4) is 0 Å². The van der Waals surface area contributed by atoms with Gasteiger partial charge in [0, 0.05) is 32.3 Å². The minimum atomic E-state index is -0.450. The lowest BCUT2D eigenvalue weighted by Crippen LogP contribution is -2.43. The van der Waals surface area contributed by atoms with Crippen LogP contribution in [0.2, 0.25) is 0 Å². The second-order valence-electron chi connectivity index (χ2n) is 5.38. The van der Waals surface area contributed by atoms with Crippen LogP contribution in [0.15, 0.2) is 18.2 Å². The lowest BCUT2D eigenvalue weighted by molar-refractivity contribution is -0.384. The number of nitro benzene ring substituents is 1. The summed E-state index contributed by atoms with van der Waals surface area (Å²) in [7, 11) is 1.68. The number of anilines is 1. The number of piperidine rings is 1. The first kappa shape index (κ1) is 16.2. The van der Waals surface area contributed by atoms with E-state index in [9.17, 15) is 10.1 Å². The SMILES string of the molecule is COCCN1CCC[C@H](Nc2ccc(C#N)cc2[N+](=O)[O-])C1. The molecular weight excluding hydrogens is 284 g/mol.